The molecule has 0 N–H and O–H groups in total. The third-order valence-corrected chi connectivity index (χ3v) is 3.44. The predicted molar refractivity (Wildman–Crippen MR) is 61.5 cm³/mol. The maximum Gasteiger partial charge on any atom is -0.0276 e. The van der Waals surface area contributed by atoms with E-state index in [0.717, 1.165) is 5.92 Å². The van der Waals surface area contributed by atoms with E-state index in [1.165, 1.54) is 49.7 Å². The highest BCUT2D eigenvalue weighted by Crippen LogP contribution is 2.28. The lowest BCUT2D eigenvalue weighted by molar-refractivity contribution is 0.504. The summed E-state index contributed by atoms with van der Waals surface area (Å²) in [5.74, 6) is 1.02. The van der Waals surface area contributed by atoms with Crippen molar-refractivity contribution < 1.29 is 0 Å². The molecule has 1 saturated carbocycles. The van der Waals surface area contributed by atoms with Gasteiger partial charge in [0.1, 0.15) is 0 Å². The topological polar surface area (TPSA) is 0 Å². The first-order chi connectivity index (χ1) is 6.84. The fraction of sp³-hybridized carbons (Fsp3) is 0.571. The highest BCUT2D eigenvalue weighted by molar-refractivity contribution is 5.21. The molecule has 14 heavy (non-hydrogen) atoms. The molecule has 2 rings (SSSR count). The minimum atomic E-state index is 1.02. The van der Waals surface area contributed by atoms with Crippen LogP contribution in [0.15, 0.2) is 24.3 Å². The lowest BCUT2D eigenvalue weighted by Gasteiger charge is -2.08. The van der Waals surface area contributed by atoms with Crippen LogP contribution in [0, 0.1) is 12.8 Å². The minimum absolute atomic E-state index is 1.02. The molecule has 0 aliphatic heterocycles. The largest absolute Gasteiger partial charge is 0.0591 e. The summed E-state index contributed by atoms with van der Waals surface area (Å²) in [6.45, 7) is 2.15. The summed E-state index contributed by atoms with van der Waals surface area (Å²) < 4.78 is 0. The Morgan fingerprint density at radius 2 is 1.71 bits per heavy atom. The van der Waals surface area contributed by atoms with E-state index in [4.69, 9.17) is 0 Å². The second kappa shape index (κ2) is 4.63. The normalized spacial score (nSPS) is 17.5. The maximum atomic E-state index is 2.28. The monoisotopic (exact) mass is 188 g/mol. The molecule has 0 amide bonds. The van der Waals surface area contributed by atoms with Crippen molar-refractivity contribution in [1.82, 2.24) is 0 Å². The van der Waals surface area contributed by atoms with Crippen LogP contribution in [0.1, 0.15) is 43.2 Å². The van der Waals surface area contributed by atoms with Crippen molar-refractivity contribution in [3.63, 3.8) is 0 Å². The Morgan fingerprint density at radius 3 is 2.36 bits per heavy atom. The predicted octanol–water partition coefficient (Wildman–Crippen LogP) is 4.12. The van der Waals surface area contributed by atoms with Crippen LogP contribution in [0.3, 0.4) is 0 Å². The first-order valence-corrected chi connectivity index (χ1v) is 5.90. The Balaban J connectivity index is 1.82. The van der Waals surface area contributed by atoms with E-state index >= 15 is 0 Å². The van der Waals surface area contributed by atoms with E-state index < -0.39 is 0 Å². The summed E-state index contributed by atoms with van der Waals surface area (Å²) in [4.78, 5) is 0. The fourth-order valence-electron chi connectivity index (χ4n) is 2.42. The van der Waals surface area contributed by atoms with Crippen molar-refractivity contribution in [3.8, 4) is 0 Å². The van der Waals surface area contributed by atoms with Crippen molar-refractivity contribution >= 4 is 0 Å². The van der Waals surface area contributed by atoms with Crippen molar-refractivity contribution in [3.05, 3.63) is 35.4 Å². The molecule has 0 bridgehead atoms. The number of rotatable bonds is 3. The average molecular weight is 188 g/mol. The van der Waals surface area contributed by atoms with Gasteiger partial charge in [0, 0.05) is 0 Å². The third kappa shape index (κ3) is 2.60. The van der Waals surface area contributed by atoms with Crippen LogP contribution in [0.2, 0.25) is 0 Å². The second-order valence-electron chi connectivity index (χ2n) is 4.67. The van der Waals surface area contributed by atoms with Gasteiger partial charge in [0.25, 0.3) is 0 Å². The summed E-state index contributed by atoms with van der Waals surface area (Å²) in [7, 11) is 0. The van der Waals surface area contributed by atoms with Gasteiger partial charge in [-0.25, -0.2) is 0 Å². The van der Waals surface area contributed by atoms with Gasteiger partial charge in [0.2, 0.25) is 0 Å². The second-order valence-corrected chi connectivity index (χ2v) is 4.67. The van der Waals surface area contributed by atoms with Crippen LogP contribution in [0.25, 0.3) is 0 Å². The van der Waals surface area contributed by atoms with Crippen LogP contribution in [0.4, 0.5) is 0 Å². The van der Waals surface area contributed by atoms with E-state index in [1.54, 1.807) is 0 Å². The smallest absolute Gasteiger partial charge is 0.0276 e. The van der Waals surface area contributed by atoms with E-state index in [2.05, 4.69) is 31.2 Å². The molecular weight excluding hydrogens is 168 g/mol. The molecule has 1 fully saturated rings. The summed E-state index contributed by atoms with van der Waals surface area (Å²) >= 11 is 0. The van der Waals surface area contributed by atoms with Crippen LogP contribution in [-0.2, 0) is 6.42 Å². The summed E-state index contributed by atoms with van der Waals surface area (Å²) in [5, 5.41) is 0. The third-order valence-electron chi connectivity index (χ3n) is 3.44. The van der Waals surface area contributed by atoms with Crippen LogP contribution in [-0.4, -0.2) is 0 Å². The number of benzene rings is 1. The Bertz CT molecular complexity index is 265. The van der Waals surface area contributed by atoms with Gasteiger partial charge >= 0.3 is 0 Å². The van der Waals surface area contributed by atoms with Crippen molar-refractivity contribution in [1.29, 1.82) is 0 Å². The first kappa shape index (κ1) is 9.76. The number of aryl methyl sites for hydroxylation is 2. The van der Waals surface area contributed by atoms with Crippen LogP contribution < -0.4 is 0 Å². The van der Waals surface area contributed by atoms with Crippen LogP contribution >= 0.6 is 0 Å². The molecule has 0 unspecified atom stereocenters. The summed E-state index contributed by atoms with van der Waals surface area (Å²) in [6, 6.07) is 9.02. The molecular formula is C14H20. The maximum absolute atomic E-state index is 2.28. The highest BCUT2D eigenvalue weighted by atomic mass is 14.2. The Hall–Kier alpha value is -0.780. The molecule has 1 aromatic carbocycles. The lowest BCUT2D eigenvalue weighted by atomic mass is 9.98. The highest BCUT2D eigenvalue weighted by Gasteiger charge is 2.14. The van der Waals surface area contributed by atoms with E-state index in [9.17, 15) is 0 Å². The summed E-state index contributed by atoms with van der Waals surface area (Å²) in [5.41, 5.74) is 2.89. The molecule has 0 radical (unpaired) electrons. The zero-order chi connectivity index (χ0) is 9.80. The van der Waals surface area contributed by atoms with Gasteiger partial charge in [-0.3, -0.25) is 0 Å². The Labute approximate surface area is 87.3 Å². The molecule has 76 valence electrons. The van der Waals surface area contributed by atoms with Gasteiger partial charge in [-0.05, 0) is 31.2 Å². The van der Waals surface area contributed by atoms with Crippen LogP contribution in [0.5, 0.6) is 0 Å². The molecule has 0 heterocycles. The minimum Gasteiger partial charge on any atom is -0.0591 e. The standard InChI is InChI=1S/C14H20/c1-12-6-8-14(9-7-12)11-10-13-4-2-3-5-13/h6-9,13H,2-5,10-11H2,1H3. The summed E-state index contributed by atoms with van der Waals surface area (Å²) in [6.07, 6.45) is 8.59. The quantitative estimate of drug-likeness (QED) is 0.669. The Kier molecular flexibility index (Phi) is 3.23. The van der Waals surface area contributed by atoms with Gasteiger partial charge in [0.05, 0.1) is 0 Å². The molecule has 1 aliphatic rings. The molecule has 0 aromatic heterocycles. The van der Waals surface area contributed by atoms with Crippen molar-refractivity contribution in [2.24, 2.45) is 5.92 Å². The van der Waals surface area contributed by atoms with Gasteiger partial charge in [-0.2, -0.15) is 0 Å². The zero-order valence-electron chi connectivity index (χ0n) is 9.13. The molecule has 1 aromatic rings. The van der Waals surface area contributed by atoms with E-state index in [-0.39, 0.29) is 0 Å². The molecule has 0 heteroatoms. The molecule has 1 aliphatic carbocycles. The molecule has 0 spiro atoms. The first-order valence-electron chi connectivity index (χ1n) is 5.90. The zero-order valence-corrected chi connectivity index (χ0v) is 9.13. The molecule has 0 atom stereocenters. The SMILES string of the molecule is Cc1ccc(CCC2CCCC2)cc1. The van der Waals surface area contributed by atoms with Crippen molar-refractivity contribution in [2.45, 2.75) is 45.4 Å². The Morgan fingerprint density at radius 1 is 1.07 bits per heavy atom. The van der Waals surface area contributed by atoms with E-state index in [1.807, 2.05) is 0 Å². The van der Waals surface area contributed by atoms with Gasteiger partial charge in [-0.1, -0.05) is 55.5 Å². The molecule has 0 nitrogen and oxygen atoms in total. The molecule has 0 saturated heterocycles. The average Bonchev–Trinajstić information content (AvgIpc) is 2.70. The lowest BCUT2D eigenvalue weighted by Crippen LogP contribution is -1.96. The number of hydrogen-bond acceptors (Lipinski definition) is 0. The van der Waals surface area contributed by atoms with Gasteiger partial charge < -0.3 is 0 Å². The van der Waals surface area contributed by atoms with Crippen molar-refractivity contribution in [2.75, 3.05) is 0 Å². The number of hydrogen-bond donors (Lipinski definition) is 0. The van der Waals surface area contributed by atoms with Gasteiger partial charge in [-0.15, -0.1) is 0 Å². The van der Waals surface area contributed by atoms with E-state index in [0.29, 0.717) is 0 Å². The fourth-order valence-corrected chi connectivity index (χ4v) is 2.42. The van der Waals surface area contributed by atoms with Gasteiger partial charge in [0.15, 0.2) is 0 Å².